The molecule has 1 aromatic rings. The van der Waals surface area contributed by atoms with E-state index in [1.807, 2.05) is 32.9 Å². The molecule has 1 aliphatic heterocycles. The fourth-order valence-electron chi connectivity index (χ4n) is 2.24. The van der Waals surface area contributed by atoms with Crippen LogP contribution in [0.2, 0.25) is 0 Å². The summed E-state index contributed by atoms with van der Waals surface area (Å²) < 4.78 is 5.43. The molecule has 22 heavy (non-hydrogen) atoms. The lowest BCUT2D eigenvalue weighted by atomic mass is 10.1. The smallest absolute Gasteiger partial charge is 0.414 e. The number of fused-ring (bicyclic) bond motifs is 1. The molecule has 2 rings (SSSR count). The molecule has 0 saturated carbocycles. The van der Waals surface area contributed by atoms with E-state index in [-0.39, 0.29) is 6.03 Å². The number of ether oxygens (including phenoxy) is 1. The fourth-order valence-corrected chi connectivity index (χ4v) is 2.24. The number of urea groups is 1. The van der Waals surface area contributed by atoms with Crippen molar-refractivity contribution in [1.29, 1.82) is 0 Å². The lowest BCUT2D eigenvalue weighted by Gasteiger charge is -2.36. The molecule has 3 amide bonds. The van der Waals surface area contributed by atoms with Crippen LogP contribution in [0.1, 0.15) is 20.8 Å². The van der Waals surface area contributed by atoms with Gasteiger partial charge in [-0.3, -0.25) is 9.80 Å². The van der Waals surface area contributed by atoms with Crippen LogP contribution in [-0.4, -0.2) is 30.8 Å². The minimum Gasteiger partial charge on any atom is -0.443 e. The fraction of sp³-hybridized carbons (Fsp3) is 0.375. The second-order valence-corrected chi connectivity index (χ2v) is 5.93. The van der Waals surface area contributed by atoms with Crippen LogP contribution in [0.15, 0.2) is 37.0 Å². The molecule has 0 saturated heterocycles. The number of rotatable bonds is 1. The van der Waals surface area contributed by atoms with Gasteiger partial charge in [0, 0.05) is 13.1 Å². The highest BCUT2D eigenvalue weighted by Crippen LogP contribution is 2.33. The second kappa shape index (κ2) is 6.09. The van der Waals surface area contributed by atoms with E-state index in [0.29, 0.717) is 24.5 Å². The van der Waals surface area contributed by atoms with E-state index >= 15 is 0 Å². The maximum absolute atomic E-state index is 12.3. The molecule has 0 fully saturated rings. The lowest BCUT2D eigenvalue weighted by Crippen LogP contribution is -2.49. The average molecular weight is 303 g/mol. The molecule has 0 bridgehead atoms. The minimum absolute atomic E-state index is 0.272. The number of amides is 3. The summed E-state index contributed by atoms with van der Waals surface area (Å²) in [5.41, 5.74) is 0.754. The van der Waals surface area contributed by atoms with Gasteiger partial charge in [0.1, 0.15) is 5.60 Å². The summed E-state index contributed by atoms with van der Waals surface area (Å²) >= 11 is 0. The zero-order valence-corrected chi connectivity index (χ0v) is 13.1. The lowest BCUT2D eigenvalue weighted by molar-refractivity contribution is 0.0580. The van der Waals surface area contributed by atoms with Gasteiger partial charge in [0.15, 0.2) is 0 Å². The monoisotopic (exact) mass is 303 g/mol. The molecule has 0 aliphatic carbocycles. The predicted molar refractivity (Wildman–Crippen MR) is 86.1 cm³/mol. The normalized spacial score (nSPS) is 14.1. The topological polar surface area (TPSA) is 61.9 Å². The molecule has 1 heterocycles. The number of hydrogen-bond donors (Lipinski definition) is 1. The van der Waals surface area contributed by atoms with E-state index in [1.165, 1.54) is 6.20 Å². The van der Waals surface area contributed by atoms with Gasteiger partial charge < -0.3 is 10.1 Å². The summed E-state index contributed by atoms with van der Waals surface area (Å²) in [4.78, 5) is 27.6. The molecule has 0 radical (unpaired) electrons. The molecule has 6 heteroatoms. The van der Waals surface area contributed by atoms with Crippen molar-refractivity contribution in [3.05, 3.63) is 37.0 Å². The largest absolute Gasteiger partial charge is 0.443 e. The Labute approximate surface area is 130 Å². The molecule has 118 valence electrons. The molecule has 0 unspecified atom stereocenters. The van der Waals surface area contributed by atoms with Gasteiger partial charge in [-0.15, -0.1) is 0 Å². The van der Waals surface area contributed by atoms with E-state index in [9.17, 15) is 9.59 Å². The summed E-state index contributed by atoms with van der Waals surface area (Å²) in [5, 5.41) is 2.55. The van der Waals surface area contributed by atoms with Gasteiger partial charge in [-0.2, -0.15) is 0 Å². The number of anilines is 2. The van der Waals surface area contributed by atoms with E-state index in [0.717, 1.165) is 0 Å². The van der Waals surface area contributed by atoms with E-state index in [1.54, 1.807) is 21.9 Å². The number of nitrogens with one attached hydrogen (secondary N) is 1. The van der Waals surface area contributed by atoms with Crippen molar-refractivity contribution < 1.29 is 14.3 Å². The van der Waals surface area contributed by atoms with Crippen LogP contribution in [0.25, 0.3) is 0 Å². The molecule has 1 aromatic carbocycles. The Bertz CT molecular complexity index is 593. The number of carbonyl (C=O) groups excluding carboxylic acids is 2. The van der Waals surface area contributed by atoms with Crippen LogP contribution in [0.5, 0.6) is 0 Å². The number of benzene rings is 1. The van der Waals surface area contributed by atoms with Crippen LogP contribution < -0.4 is 15.1 Å². The van der Waals surface area contributed by atoms with Crippen molar-refractivity contribution in [1.82, 2.24) is 5.32 Å². The Balaban J connectivity index is 2.30. The molecular weight excluding hydrogens is 282 g/mol. The van der Waals surface area contributed by atoms with E-state index in [4.69, 9.17) is 4.74 Å². The van der Waals surface area contributed by atoms with Gasteiger partial charge in [-0.25, -0.2) is 9.59 Å². The van der Waals surface area contributed by atoms with Crippen molar-refractivity contribution in [2.75, 3.05) is 22.9 Å². The summed E-state index contributed by atoms with van der Waals surface area (Å²) in [6.07, 6.45) is 0.925. The van der Waals surface area contributed by atoms with Gasteiger partial charge in [0.25, 0.3) is 0 Å². The Morgan fingerprint density at radius 2 is 1.73 bits per heavy atom. The number of hydrogen-bond acceptors (Lipinski definition) is 3. The number of carbonyl (C=O) groups is 2. The van der Waals surface area contributed by atoms with Gasteiger partial charge in [-0.05, 0) is 39.1 Å². The molecule has 0 atom stereocenters. The second-order valence-electron chi connectivity index (χ2n) is 5.93. The molecule has 1 N–H and O–H groups in total. The minimum atomic E-state index is -0.566. The van der Waals surface area contributed by atoms with Gasteiger partial charge in [0.2, 0.25) is 0 Å². The average Bonchev–Trinajstić information content (AvgIpc) is 2.44. The summed E-state index contributed by atoms with van der Waals surface area (Å²) in [5.74, 6) is 0. The maximum Gasteiger partial charge on any atom is 0.414 e. The molecular formula is C16H21N3O3. The standard InChI is InChI=1S/C16H21N3O3/c1-5-17-14(20)18-10-11-19(15(21)22-16(2,3)4)13-9-7-6-8-12(13)18/h5-9H,1,10-11H2,2-4H3,(H,17,20). The Hall–Kier alpha value is -2.50. The number of nitrogens with zero attached hydrogens (tertiary/aromatic N) is 2. The first kappa shape index (κ1) is 15.9. The van der Waals surface area contributed by atoms with Crippen LogP contribution in [0.3, 0.4) is 0 Å². The van der Waals surface area contributed by atoms with Crippen LogP contribution in [0, 0.1) is 0 Å². The highest BCUT2D eigenvalue weighted by Gasteiger charge is 2.32. The summed E-state index contributed by atoms with van der Waals surface area (Å²) in [6, 6.07) is 6.98. The first-order chi connectivity index (χ1) is 10.3. The third-order valence-electron chi connectivity index (χ3n) is 3.10. The van der Waals surface area contributed by atoms with Crippen molar-refractivity contribution in [3.8, 4) is 0 Å². The highest BCUT2D eigenvalue weighted by molar-refractivity contribution is 6.02. The van der Waals surface area contributed by atoms with Crippen LogP contribution in [0.4, 0.5) is 21.0 Å². The summed E-state index contributed by atoms with van der Waals surface area (Å²) in [6.45, 7) is 9.72. The maximum atomic E-state index is 12.3. The summed E-state index contributed by atoms with van der Waals surface area (Å²) in [7, 11) is 0. The van der Waals surface area contributed by atoms with Crippen molar-refractivity contribution >= 4 is 23.5 Å². The third-order valence-corrected chi connectivity index (χ3v) is 3.10. The Morgan fingerprint density at radius 1 is 1.18 bits per heavy atom. The predicted octanol–water partition coefficient (Wildman–Crippen LogP) is 3.10. The Morgan fingerprint density at radius 3 is 2.27 bits per heavy atom. The third kappa shape index (κ3) is 3.39. The van der Waals surface area contributed by atoms with Gasteiger partial charge >= 0.3 is 12.1 Å². The van der Waals surface area contributed by atoms with E-state index < -0.39 is 11.7 Å². The zero-order valence-electron chi connectivity index (χ0n) is 13.1. The van der Waals surface area contributed by atoms with Crippen molar-refractivity contribution in [3.63, 3.8) is 0 Å². The van der Waals surface area contributed by atoms with Crippen molar-refractivity contribution in [2.24, 2.45) is 0 Å². The van der Waals surface area contributed by atoms with Gasteiger partial charge in [0.05, 0.1) is 11.4 Å². The van der Waals surface area contributed by atoms with Crippen LogP contribution in [-0.2, 0) is 4.74 Å². The molecule has 1 aliphatic rings. The molecule has 0 aromatic heterocycles. The highest BCUT2D eigenvalue weighted by atomic mass is 16.6. The zero-order chi connectivity index (χ0) is 16.3. The quantitative estimate of drug-likeness (QED) is 0.867. The first-order valence-corrected chi connectivity index (χ1v) is 7.12. The van der Waals surface area contributed by atoms with Crippen LogP contribution >= 0.6 is 0 Å². The molecule has 6 nitrogen and oxygen atoms in total. The number of para-hydroxylation sites is 2. The van der Waals surface area contributed by atoms with E-state index in [2.05, 4.69) is 11.9 Å². The van der Waals surface area contributed by atoms with Gasteiger partial charge in [-0.1, -0.05) is 18.7 Å². The SMILES string of the molecule is C=CNC(=O)N1CCN(C(=O)OC(C)(C)C)c2ccccc21. The molecule has 0 spiro atoms. The first-order valence-electron chi connectivity index (χ1n) is 7.12. The van der Waals surface area contributed by atoms with Crippen molar-refractivity contribution in [2.45, 2.75) is 26.4 Å². The Kier molecular flexibility index (Phi) is 4.40.